The van der Waals surface area contributed by atoms with E-state index in [1.807, 2.05) is 66.7 Å². The van der Waals surface area contributed by atoms with E-state index in [1.54, 1.807) is 7.11 Å². The number of nitrogens with zero attached hydrogens (tertiary/aromatic N) is 3. The molecule has 0 bridgehead atoms. The molecule has 5 nitrogen and oxygen atoms in total. The smallest absolute Gasteiger partial charge is 0.243 e. The fraction of sp³-hybridized carbons (Fsp3) is 0.310. The number of hydrogen-bond donors (Lipinski definition) is 0. The standard InChI is InChI=1S/C29H31N3O2/c1-34-25-18-16-23(17-19-25)29-30-26-14-8-9-15-27(26)32(29)21-28(33)31(24-12-6-3-7-13-24)20-22-10-4-2-5-11-22/h2,4-5,8-11,14-19,24H,3,6-7,12-13,20-21H2,1H3. The summed E-state index contributed by atoms with van der Waals surface area (Å²) < 4.78 is 7.40. The van der Waals surface area contributed by atoms with Crippen LogP contribution in [0.25, 0.3) is 22.4 Å². The minimum absolute atomic E-state index is 0.147. The maximum absolute atomic E-state index is 13.9. The quantitative estimate of drug-likeness (QED) is 0.341. The fourth-order valence-electron chi connectivity index (χ4n) is 5.02. The molecule has 5 rings (SSSR count). The average molecular weight is 454 g/mol. The van der Waals surface area contributed by atoms with Crippen LogP contribution >= 0.6 is 0 Å². The Morgan fingerprint density at radius 3 is 2.38 bits per heavy atom. The lowest BCUT2D eigenvalue weighted by Crippen LogP contribution is -2.42. The van der Waals surface area contributed by atoms with Crippen molar-refractivity contribution in [2.45, 2.75) is 51.2 Å². The number of benzene rings is 3. The Balaban J connectivity index is 1.50. The lowest BCUT2D eigenvalue weighted by Gasteiger charge is -2.35. The molecule has 1 aromatic heterocycles. The molecule has 1 aliphatic carbocycles. The molecule has 3 aromatic carbocycles. The van der Waals surface area contributed by atoms with E-state index in [2.05, 4.69) is 21.6 Å². The molecule has 1 aliphatic rings. The monoisotopic (exact) mass is 453 g/mol. The van der Waals surface area contributed by atoms with Crippen LogP contribution in [-0.4, -0.2) is 33.5 Å². The molecule has 4 aromatic rings. The Hall–Kier alpha value is -3.60. The van der Waals surface area contributed by atoms with Crippen molar-refractivity contribution in [1.82, 2.24) is 14.5 Å². The summed E-state index contributed by atoms with van der Waals surface area (Å²) in [5.41, 5.74) is 4.02. The summed E-state index contributed by atoms with van der Waals surface area (Å²) >= 11 is 0. The maximum atomic E-state index is 13.9. The lowest BCUT2D eigenvalue weighted by molar-refractivity contribution is -0.135. The largest absolute Gasteiger partial charge is 0.497 e. The van der Waals surface area contributed by atoms with Crippen molar-refractivity contribution in [3.63, 3.8) is 0 Å². The fourth-order valence-corrected chi connectivity index (χ4v) is 5.02. The van der Waals surface area contributed by atoms with E-state index in [9.17, 15) is 4.79 Å². The zero-order valence-electron chi connectivity index (χ0n) is 19.7. The topological polar surface area (TPSA) is 47.4 Å². The summed E-state index contributed by atoms with van der Waals surface area (Å²) in [7, 11) is 1.66. The van der Waals surface area contributed by atoms with Crippen LogP contribution < -0.4 is 4.74 Å². The number of para-hydroxylation sites is 2. The van der Waals surface area contributed by atoms with Crippen LogP contribution in [0.3, 0.4) is 0 Å². The molecule has 174 valence electrons. The maximum Gasteiger partial charge on any atom is 0.243 e. The first kappa shape index (κ1) is 22.2. The molecule has 0 N–H and O–H groups in total. The third-order valence-electron chi connectivity index (χ3n) is 6.83. The number of hydrogen-bond acceptors (Lipinski definition) is 3. The van der Waals surface area contributed by atoms with Crippen LogP contribution in [0.2, 0.25) is 0 Å². The van der Waals surface area contributed by atoms with Gasteiger partial charge in [-0.1, -0.05) is 61.7 Å². The minimum Gasteiger partial charge on any atom is -0.497 e. The third kappa shape index (κ3) is 4.69. The number of carbonyl (C=O) groups is 1. The molecule has 1 heterocycles. The Bertz CT molecular complexity index is 1240. The van der Waals surface area contributed by atoms with Gasteiger partial charge in [-0.25, -0.2) is 4.98 Å². The van der Waals surface area contributed by atoms with Crippen LogP contribution in [0.5, 0.6) is 5.75 Å². The van der Waals surface area contributed by atoms with Gasteiger partial charge in [0.25, 0.3) is 0 Å². The van der Waals surface area contributed by atoms with Crippen LogP contribution in [-0.2, 0) is 17.9 Å². The second-order valence-corrected chi connectivity index (χ2v) is 9.04. The van der Waals surface area contributed by atoms with Gasteiger partial charge < -0.3 is 14.2 Å². The Morgan fingerprint density at radius 2 is 1.65 bits per heavy atom. The molecule has 0 radical (unpaired) electrons. The molecule has 5 heteroatoms. The van der Waals surface area contributed by atoms with Gasteiger partial charge >= 0.3 is 0 Å². The highest BCUT2D eigenvalue weighted by Gasteiger charge is 2.27. The number of carbonyl (C=O) groups excluding carboxylic acids is 1. The molecule has 1 fully saturated rings. The molecule has 1 amide bonds. The van der Waals surface area contributed by atoms with E-state index < -0.39 is 0 Å². The van der Waals surface area contributed by atoms with E-state index in [0.29, 0.717) is 12.6 Å². The van der Waals surface area contributed by atoms with Gasteiger partial charge in [0, 0.05) is 18.2 Å². The Labute approximate surface area is 201 Å². The van der Waals surface area contributed by atoms with Gasteiger partial charge in [-0.15, -0.1) is 0 Å². The highest BCUT2D eigenvalue weighted by atomic mass is 16.5. The van der Waals surface area contributed by atoms with Crippen molar-refractivity contribution in [2.75, 3.05) is 7.11 Å². The first-order valence-electron chi connectivity index (χ1n) is 12.2. The van der Waals surface area contributed by atoms with Gasteiger partial charge in [0.1, 0.15) is 18.1 Å². The molecule has 34 heavy (non-hydrogen) atoms. The number of aromatic nitrogens is 2. The lowest BCUT2D eigenvalue weighted by atomic mass is 9.93. The van der Waals surface area contributed by atoms with Crippen LogP contribution in [0.15, 0.2) is 78.9 Å². The van der Waals surface area contributed by atoms with Crippen LogP contribution in [0.1, 0.15) is 37.7 Å². The molecule has 0 aliphatic heterocycles. The number of fused-ring (bicyclic) bond motifs is 1. The number of amides is 1. The van der Waals surface area contributed by atoms with Gasteiger partial charge in [-0.05, 0) is 54.8 Å². The average Bonchev–Trinajstić information content (AvgIpc) is 3.26. The van der Waals surface area contributed by atoms with E-state index in [-0.39, 0.29) is 12.5 Å². The number of ether oxygens (including phenoxy) is 1. The predicted octanol–water partition coefficient (Wildman–Crippen LogP) is 6.07. The van der Waals surface area contributed by atoms with E-state index in [4.69, 9.17) is 9.72 Å². The molecule has 0 unspecified atom stereocenters. The molecular weight excluding hydrogens is 422 g/mol. The summed E-state index contributed by atoms with van der Waals surface area (Å²) in [6.07, 6.45) is 5.80. The van der Waals surface area contributed by atoms with Gasteiger partial charge in [0.15, 0.2) is 0 Å². The van der Waals surface area contributed by atoms with Gasteiger partial charge in [-0.3, -0.25) is 4.79 Å². The summed E-state index contributed by atoms with van der Waals surface area (Å²) in [6.45, 7) is 0.917. The van der Waals surface area contributed by atoms with Crippen molar-refractivity contribution in [2.24, 2.45) is 0 Å². The molecule has 0 spiro atoms. The van der Waals surface area contributed by atoms with Gasteiger partial charge in [-0.2, -0.15) is 0 Å². The Kier molecular flexibility index (Phi) is 6.61. The first-order chi connectivity index (χ1) is 16.7. The highest BCUT2D eigenvalue weighted by molar-refractivity contribution is 5.84. The minimum atomic E-state index is 0.147. The molecule has 1 saturated carbocycles. The Morgan fingerprint density at radius 1 is 0.941 bits per heavy atom. The summed E-state index contributed by atoms with van der Waals surface area (Å²) in [4.78, 5) is 20.9. The second kappa shape index (κ2) is 10.1. The zero-order chi connectivity index (χ0) is 23.3. The van der Waals surface area contributed by atoms with Crippen molar-refractivity contribution < 1.29 is 9.53 Å². The zero-order valence-corrected chi connectivity index (χ0v) is 19.7. The first-order valence-corrected chi connectivity index (χ1v) is 12.2. The molecule has 0 atom stereocenters. The van der Waals surface area contributed by atoms with Crippen molar-refractivity contribution in [1.29, 1.82) is 0 Å². The number of methoxy groups -OCH3 is 1. The third-order valence-corrected chi connectivity index (χ3v) is 6.83. The van der Waals surface area contributed by atoms with E-state index in [0.717, 1.165) is 41.0 Å². The van der Waals surface area contributed by atoms with Gasteiger partial charge in [0.2, 0.25) is 5.91 Å². The SMILES string of the molecule is COc1ccc(-c2nc3ccccc3n2CC(=O)N(Cc2ccccc2)C2CCCCC2)cc1. The van der Waals surface area contributed by atoms with Crippen LogP contribution in [0, 0.1) is 0 Å². The van der Waals surface area contributed by atoms with E-state index in [1.165, 1.54) is 24.8 Å². The van der Waals surface area contributed by atoms with Crippen LogP contribution in [0.4, 0.5) is 0 Å². The number of imidazole rings is 1. The summed E-state index contributed by atoms with van der Waals surface area (Å²) in [5, 5.41) is 0. The normalized spacial score (nSPS) is 14.3. The summed E-state index contributed by atoms with van der Waals surface area (Å²) in [5.74, 6) is 1.75. The number of rotatable bonds is 7. The second-order valence-electron chi connectivity index (χ2n) is 9.04. The highest BCUT2D eigenvalue weighted by Crippen LogP contribution is 2.28. The van der Waals surface area contributed by atoms with Crippen molar-refractivity contribution >= 4 is 16.9 Å². The predicted molar refractivity (Wildman–Crippen MR) is 136 cm³/mol. The molecular formula is C29H31N3O2. The van der Waals surface area contributed by atoms with Crippen molar-refractivity contribution in [3.05, 3.63) is 84.4 Å². The van der Waals surface area contributed by atoms with Gasteiger partial charge in [0.05, 0.1) is 18.1 Å². The van der Waals surface area contributed by atoms with E-state index >= 15 is 0 Å². The van der Waals surface area contributed by atoms with Crippen molar-refractivity contribution in [3.8, 4) is 17.1 Å². The summed E-state index contributed by atoms with van der Waals surface area (Å²) in [6, 6.07) is 26.6. The molecule has 0 saturated heterocycles.